The zero-order valence-corrected chi connectivity index (χ0v) is 14.5. The largest absolute Gasteiger partial charge is 0.496 e. The molecule has 3 rings (SSSR count). The highest BCUT2D eigenvalue weighted by atomic mass is 16.5. The molecule has 0 spiro atoms. The summed E-state index contributed by atoms with van der Waals surface area (Å²) < 4.78 is 5.29. The van der Waals surface area contributed by atoms with Crippen molar-refractivity contribution < 1.29 is 9.53 Å². The molecule has 1 fully saturated rings. The molecule has 1 heterocycles. The van der Waals surface area contributed by atoms with Gasteiger partial charge in [-0.15, -0.1) is 0 Å². The summed E-state index contributed by atoms with van der Waals surface area (Å²) in [4.78, 5) is 14.9. The molecule has 1 aliphatic rings. The van der Waals surface area contributed by atoms with E-state index >= 15 is 0 Å². The first-order chi connectivity index (χ1) is 11.6. The maximum absolute atomic E-state index is 12.5. The van der Waals surface area contributed by atoms with Crippen molar-refractivity contribution in [3.63, 3.8) is 0 Å². The smallest absolute Gasteiger partial charge is 0.259 e. The van der Waals surface area contributed by atoms with Gasteiger partial charge in [0.05, 0.1) is 12.7 Å². The third-order valence-corrected chi connectivity index (χ3v) is 4.51. The number of benzene rings is 2. The van der Waals surface area contributed by atoms with E-state index in [9.17, 15) is 4.79 Å². The molecule has 1 amide bonds. The van der Waals surface area contributed by atoms with E-state index in [2.05, 4.69) is 29.3 Å². The predicted molar refractivity (Wildman–Crippen MR) is 98.1 cm³/mol. The number of amides is 1. The molecule has 0 bridgehead atoms. The first-order valence-corrected chi connectivity index (χ1v) is 8.38. The van der Waals surface area contributed by atoms with Gasteiger partial charge in [0.15, 0.2) is 0 Å². The Morgan fingerprint density at radius 2 is 1.96 bits per heavy atom. The maximum Gasteiger partial charge on any atom is 0.259 e. The van der Waals surface area contributed by atoms with E-state index in [1.165, 1.54) is 12.1 Å². The Bertz CT molecular complexity index is 725. The molecular weight excluding hydrogens is 300 g/mol. The van der Waals surface area contributed by atoms with Gasteiger partial charge >= 0.3 is 0 Å². The second kappa shape index (κ2) is 6.95. The number of ether oxygens (including phenoxy) is 1. The topological polar surface area (TPSA) is 41.6 Å². The Balaban J connectivity index is 1.72. The van der Waals surface area contributed by atoms with Gasteiger partial charge in [-0.3, -0.25) is 4.79 Å². The molecule has 2 aromatic carbocycles. The minimum absolute atomic E-state index is 0.155. The summed E-state index contributed by atoms with van der Waals surface area (Å²) in [6.45, 7) is 6.45. The van der Waals surface area contributed by atoms with Crippen molar-refractivity contribution in [2.75, 3.05) is 30.4 Å². The highest BCUT2D eigenvalue weighted by Gasteiger charge is 2.19. The number of carbonyl (C=O) groups is 1. The molecule has 0 aliphatic carbocycles. The standard InChI is InChI=1S/C20H24N2O2/c1-14-4-9-19(24-3)18(12-14)20(23)21-16-5-7-17(8-6-16)22-11-10-15(2)13-22/h4-9,12,15H,10-11,13H2,1-3H3,(H,21,23). The van der Waals surface area contributed by atoms with Crippen molar-refractivity contribution in [2.45, 2.75) is 20.3 Å². The van der Waals surface area contributed by atoms with Crippen LogP contribution in [0.2, 0.25) is 0 Å². The van der Waals surface area contributed by atoms with Crippen molar-refractivity contribution in [2.24, 2.45) is 5.92 Å². The van der Waals surface area contributed by atoms with E-state index in [-0.39, 0.29) is 5.91 Å². The molecule has 1 atom stereocenters. The van der Waals surface area contributed by atoms with Crippen LogP contribution in [-0.4, -0.2) is 26.1 Å². The summed E-state index contributed by atoms with van der Waals surface area (Å²) >= 11 is 0. The lowest BCUT2D eigenvalue weighted by molar-refractivity contribution is 0.102. The van der Waals surface area contributed by atoms with E-state index < -0.39 is 0 Å². The molecule has 1 aliphatic heterocycles. The fourth-order valence-electron chi connectivity index (χ4n) is 3.12. The first-order valence-electron chi connectivity index (χ1n) is 8.38. The second-order valence-corrected chi connectivity index (χ2v) is 6.54. The minimum Gasteiger partial charge on any atom is -0.496 e. The van der Waals surface area contributed by atoms with Crippen molar-refractivity contribution in [1.29, 1.82) is 0 Å². The summed E-state index contributed by atoms with van der Waals surface area (Å²) in [6.07, 6.45) is 1.24. The molecule has 0 aromatic heterocycles. The SMILES string of the molecule is COc1ccc(C)cc1C(=O)Nc1ccc(N2CCC(C)C2)cc1. The number of hydrogen-bond donors (Lipinski definition) is 1. The monoisotopic (exact) mass is 324 g/mol. The number of carbonyl (C=O) groups excluding carboxylic acids is 1. The minimum atomic E-state index is -0.155. The molecule has 126 valence electrons. The van der Waals surface area contributed by atoms with Gasteiger partial charge in [-0.1, -0.05) is 18.6 Å². The Labute approximate surface area is 143 Å². The van der Waals surface area contributed by atoms with Crippen LogP contribution in [0.15, 0.2) is 42.5 Å². The Morgan fingerprint density at radius 3 is 2.58 bits per heavy atom. The number of methoxy groups -OCH3 is 1. The number of anilines is 2. The lowest BCUT2D eigenvalue weighted by atomic mass is 10.1. The van der Waals surface area contributed by atoms with Gasteiger partial charge in [0, 0.05) is 24.5 Å². The third-order valence-electron chi connectivity index (χ3n) is 4.51. The highest BCUT2D eigenvalue weighted by molar-refractivity contribution is 6.06. The lowest BCUT2D eigenvalue weighted by Gasteiger charge is -2.18. The van der Waals surface area contributed by atoms with Crippen LogP contribution in [0.5, 0.6) is 5.75 Å². The van der Waals surface area contributed by atoms with Gasteiger partial charge in [0.2, 0.25) is 0 Å². The summed E-state index contributed by atoms with van der Waals surface area (Å²) in [6, 6.07) is 13.6. The Hall–Kier alpha value is -2.49. The molecule has 0 radical (unpaired) electrons. The highest BCUT2D eigenvalue weighted by Crippen LogP contribution is 2.26. The Kier molecular flexibility index (Phi) is 4.74. The van der Waals surface area contributed by atoms with Crippen molar-refractivity contribution in [3.05, 3.63) is 53.6 Å². The van der Waals surface area contributed by atoms with Gasteiger partial charge in [-0.2, -0.15) is 0 Å². The first kappa shape index (κ1) is 16.4. The fraction of sp³-hybridized carbons (Fsp3) is 0.350. The van der Waals surface area contributed by atoms with Gasteiger partial charge in [-0.25, -0.2) is 0 Å². The van der Waals surface area contributed by atoms with Crippen LogP contribution >= 0.6 is 0 Å². The van der Waals surface area contributed by atoms with E-state index in [4.69, 9.17) is 4.74 Å². The molecular formula is C20H24N2O2. The van der Waals surface area contributed by atoms with Crippen LogP contribution in [0.4, 0.5) is 11.4 Å². The van der Waals surface area contributed by atoms with Crippen LogP contribution in [0.3, 0.4) is 0 Å². The summed E-state index contributed by atoms with van der Waals surface area (Å²) in [5.74, 6) is 1.18. The van der Waals surface area contributed by atoms with Crippen molar-refractivity contribution >= 4 is 17.3 Å². The summed E-state index contributed by atoms with van der Waals surface area (Å²) in [5.41, 5.74) is 3.58. The van der Waals surface area contributed by atoms with Gasteiger partial charge in [0.1, 0.15) is 5.75 Å². The number of rotatable bonds is 4. The average molecular weight is 324 g/mol. The zero-order valence-electron chi connectivity index (χ0n) is 14.5. The van der Waals surface area contributed by atoms with E-state index in [0.29, 0.717) is 11.3 Å². The number of nitrogens with zero attached hydrogens (tertiary/aromatic N) is 1. The second-order valence-electron chi connectivity index (χ2n) is 6.54. The summed E-state index contributed by atoms with van der Waals surface area (Å²) in [5, 5.41) is 2.95. The van der Waals surface area contributed by atoms with E-state index in [1.807, 2.05) is 37.3 Å². The molecule has 24 heavy (non-hydrogen) atoms. The van der Waals surface area contributed by atoms with Crippen LogP contribution < -0.4 is 15.0 Å². The van der Waals surface area contributed by atoms with Crippen molar-refractivity contribution in [1.82, 2.24) is 0 Å². The molecule has 4 heteroatoms. The maximum atomic E-state index is 12.5. The lowest BCUT2D eigenvalue weighted by Crippen LogP contribution is -2.19. The molecule has 1 saturated heterocycles. The molecule has 1 N–H and O–H groups in total. The normalized spacial score (nSPS) is 17.0. The molecule has 2 aromatic rings. The number of hydrogen-bond acceptors (Lipinski definition) is 3. The van der Waals surface area contributed by atoms with Gasteiger partial charge in [-0.05, 0) is 55.7 Å². The molecule has 1 unspecified atom stereocenters. The molecule has 4 nitrogen and oxygen atoms in total. The third kappa shape index (κ3) is 3.53. The van der Waals surface area contributed by atoms with Gasteiger partial charge < -0.3 is 15.0 Å². The van der Waals surface area contributed by atoms with Crippen LogP contribution in [0.25, 0.3) is 0 Å². The van der Waals surface area contributed by atoms with Gasteiger partial charge in [0.25, 0.3) is 5.91 Å². The number of aryl methyl sites for hydroxylation is 1. The zero-order chi connectivity index (χ0) is 17.1. The Morgan fingerprint density at radius 1 is 1.21 bits per heavy atom. The number of nitrogens with one attached hydrogen (secondary N) is 1. The molecule has 0 saturated carbocycles. The van der Waals surface area contributed by atoms with Crippen LogP contribution in [-0.2, 0) is 0 Å². The van der Waals surface area contributed by atoms with Crippen LogP contribution in [0.1, 0.15) is 29.3 Å². The average Bonchev–Trinajstić information content (AvgIpc) is 3.02. The summed E-state index contributed by atoms with van der Waals surface area (Å²) in [7, 11) is 1.58. The van der Waals surface area contributed by atoms with Crippen molar-refractivity contribution in [3.8, 4) is 5.75 Å². The predicted octanol–water partition coefficient (Wildman–Crippen LogP) is 4.10. The van der Waals surface area contributed by atoms with Crippen LogP contribution in [0, 0.1) is 12.8 Å². The fourth-order valence-corrected chi connectivity index (χ4v) is 3.12. The quantitative estimate of drug-likeness (QED) is 0.920. The van der Waals surface area contributed by atoms with E-state index in [1.54, 1.807) is 7.11 Å². The van der Waals surface area contributed by atoms with E-state index in [0.717, 1.165) is 30.3 Å².